The molecule has 0 aliphatic carbocycles. The van der Waals surface area contributed by atoms with Gasteiger partial charge in [-0.15, -0.1) is 0 Å². The molecular weight excluding hydrogens is 334 g/mol. The minimum atomic E-state index is 0.0759. The third-order valence-corrected chi connectivity index (χ3v) is 5.65. The van der Waals surface area contributed by atoms with Crippen LogP contribution in [-0.4, -0.2) is 13.2 Å². The number of fused-ring (bicyclic) bond motifs is 4. The lowest BCUT2D eigenvalue weighted by Gasteiger charge is -2.29. The Morgan fingerprint density at radius 2 is 1.78 bits per heavy atom. The van der Waals surface area contributed by atoms with Crippen LogP contribution in [0.4, 0.5) is 17.1 Å². The van der Waals surface area contributed by atoms with Crippen molar-refractivity contribution in [3.05, 3.63) is 65.7 Å². The van der Waals surface area contributed by atoms with Gasteiger partial charge in [0.1, 0.15) is 17.8 Å². The molecule has 27 heavy (non-hydrogen) atoms. The topological polar surface area (TPSA) is 43.4 Å². The average molecular weight is 353 g/mol. The standard InChI is InChI=1S/C23H19N3O/c1-14-11-12-18-17-8-4-5-10-20(17)27-23(18)21(14)26-15(2)25(3)19-9-6-7-16(13-24)22(19)26/h4-12,15H,1-3H3/t15-/m0/s1. The molecule has 0 radical (unpaired) electrons. The number of hydrogen-bond donors (Lipinski definition) is 0. The second-order valence-corrected chi connectivity index (χ2v) is 7.10. The Morgan fingerprint density at radius 1 is 0.963 bits per heavy atom. The smallest absolute Gasteiger partial charge is 0.159 e. The van der Waals surface area contributed by atoms with Gasteiger partial charge in [-0.25, -0.2) is 0 Å². The van der Waals surface area contributed by atoms with Gasteiger partial charge >= 0.3 is 0 Å². The number of para-hydroxylation sites is 2. The summed E-state index contributed by atoms with van der Waals surface area (Å²) >= 11 is 0. The zero-order valence-electron chi connectivity index (χ0n) is 15.5. The summed E-state index contributed by atoms with van der Waals surface area (Å²) in [7, 11) is 2.07. The molecule has 5 rings (SSSR count). The summed E-state index contributed by atoms with van der Waals surface area (Å²) in [6.07, 6.45) is 0.0759. The minimum absolute atomic E-state index is 0.0759. The third-order valence-electron chi connectivity index (χ3n) is 5.65. The minimum Gasteiger partial charge on any atom is -0.454 e. The van der Waals surface area contributed by atoms with Gasteiger partial charge in [0.15, 0.2) is 5.58 Å². The summed E-state index contributed by atoms with van der Waals surface area (Å²) in [5, 5.41) is 11.9. The number of hydrogen-bond acceptors (Lipinski definition) is 4. The Morgan fingerprint density at radius 3 is 2.59 bits per heavy atom. The van der Waals surface area contributed by atoms with Crippen LogP contribution in [-0.2, 0) is 0 Å². The molecule has 0 unspecified atom stereocenters. The van der Waals surface area contributed by atoms with Crippen molar-refractivity contribution in [1.82, 2.24) is 0 Å². The monoisotopic (exact) mass is 353 g/mol. The number of anilines is 3. The van der Waals surface area contributed by atoms with E-state index in [-0.39, 0.29) is 6.17 Å². The predicted octanol–water partition coefficient (Wildman–Crippen LogP) is 5.70. The van der Waals surface area contributed by atoms with Crippen molar-refractivity contribution in [2.75, 3.05) is 16.8 Å². The van der Waals surface area contributed by atoms with E-state index in [0.717, 1.165) is 44.6 Å². The highest BCUT2D eigenvalue weighted by Crippen LogP contribution is 2.49. The van der Waals surface area contributed by atoms with Crippen LogP contribution in [0, 0.1) is 18.3 Å². The van der Waals surface area contributed by atoms with Crippen LogP contribution < -0.4 is 9.80 Å². The van der Waals surface area contributed by atoms with E-state index in [1.165, 1.54) is 0 Å². The Labute approximate surface area is 157 Å². The molecule has 0 amide bonds. The summed E-state index contributed by atoms with van der Waals surface area (Å²) < 4.78 is 6.31. The highest BCUT2D eigenvalue weighted by Gasteiger charge is 2.36. The lowest BCUT2D eigenvalue weighted by molar-refractivity contribution is 0.661. The molecule has 1 atom stereocenters. The van der Waals surface area contributed by atoms with E-state index < -0.39 is 0 Å². The van der Waals surface area contributed by atoms with Gasteiger partial charge in [0.2, 0.25) is 0 Å². The van der Waals surface area contributed by atoms with Crippen molar-refractivity contribution < 1.29 is 4.42 Å². The molecule has 4 aromatic rings. The maximum atomic E-state index is 9.72. The average Bonchev–Trinajstić information content (AvgIpc) is 3.18. The first-order valence-electron chi connectivity index (χ1n) is 9.08. The summed E-state index contributed by atoms with van der Waals surface area (Å²) in [6, 6.07) is 20.6. The summed E-state index contributed by atoms with van der Waals surface area (Å²) in [4.78, 5) is 4.45. The number of nitriles is 1. The number of benzene rings is 3. The molecule has 1 aromatic heterocycles. The first kappa shape index (κ1) is 15.8. The molecule has 132 valence electrons. The van der Waals surface area contributed by atoms with Gasteiger partial charge < -0.3 is 14.2 Å². The molecule has 1 aliphatic heterocycles. The molecule has 0 fully saturated rings. The van der Waals surface area contributed by atoms with Crippen LogP contribution >= 0.6 is 0 Å². The van der Waals surface area contributed by atoms with Gasteiger partial charge in [-0.3, -0.25) is 0 Å². The van der Waals surface area contributed by atoms with Gasteiger partial charge in [0.25, 0.3) is 0 Å². The summed E-state index contributed by atoms with van der Waals surface area (Å²) in [5.41, 5.74) is 6.61. The number of furan rings is 1. The van der Waals surface area contributed by atoms with Gasteiger partial charge in [0.05, 0.1) is 22.6 Å². The fourth-order valence-corrected chi connectivity index (χ4v) is 4.19. The fourth-order valence-electron chi connectivity index (χ4n) is 4.19. The van der Waals surface area contributed by atoms with Crippen molar-refractivity contribution in [2.24, 2.45) is 0 Å². The van der Waals surface area contributed by atoms with Gasteiger partial charge in [-0.1, -0.05) is 36.4 Å². The highest BCUT2D eigenvalue weighted by atomic mass is 16.3. The molecule has 4 heteroatoms. The van der Waals surface area contributed by atoms with E-state index in [1.54, 1.807) is 0 Å². The normalized spacial score (nSPS) is 16.1. The van der Waals surface area contributed by atoms with E-state index in [2.05, 4.69) is 61.0 Å². The lowest BCUT2D eigenvalue weighted by atomic mass is 10.1. The van der Waals surface area contributed by atoms with E-state index in [0.29, 0.717) is 5.56 Å². The van der Waals surface area contributed by atoms with Crippen LogP contribution in [0.3, 0.4) is 0 Å². The maximum absolute atomic E-state index is 9.72. The van der Waals surface area contributed by atoms with Gasteiger partial charge in [-0.2, -0.15) is 5.26 Å². The molecular formula is C23H19N3O. The van der Waals surface area contributed by atoms with Crippen LogP contribution in [0.2, 0.25) is 0 Å². The van der Waals surface area contributed by atoms with Crippen molar-refractivity contribution in [1.29, 1.82) is 5.26 Å². The number of rotatable bonds is 1. The molecule has 4 nitrogen and oxygen atoms in total. The largest absolute Gasteiger partial charge is 0.454 e. The number of aryl methyl sites for hydroxylation is 1. The molecule has 3 aromatic carbocycles. The highest BCUT2D eigenvalue weighted by molar-refractivity contribution is 6.11. The van der Waals surface area contributed by atoms with Crippen molar-refractivity contribution in [3.63, 3.8) is 0 Å². The number of nitrogens with zero attached hydrogens (tertiary/aromatic N) is 3. The molecule has 0 spiro atoms. The summed E-state index contributed by atoms with van der Waals surface area (Å²) in [6.45, 7) is 4.25. The molecule has 0 saturated carbocycles. The van der Waals surface area contributed by atoms with Crippen molar-refractivity contribution in [2.45, 2.75) is 20.0 Å². The Hall–Kier alpha value is -3.45. The van der Waals surface area contributed by atoms with Crippen LogP contribution in [0.15, 0.2) is 59.0 Å². The quantitative estimate of drug-likeness (QED) is 0.440. The van der Waals surface area contributed by atoms with E-state index in [4.69, 9.17) is 4.42 Å². The van der Waals surface area contributed by atoms with Crippen LogP contribution in [0.1, 0.15) is 18.1 Å². The predicted molar refractivity (Wildman–Crippen MR) is 110 cm³/mol. The Bertz CT molecular complexity index is 1250. The lowest BCUT2D eigenvalue weighted by Crippen LogP contribution is -2.36. The second kappa shape index (κ2) is 5.52. The van der Waals surface area contributed by atoms with Crippen LogP contribution in [0.5, 0.6) is 0 Å². The molecule has 1 aliphatic rings. The van der Waals surface area contributed by atoms with E-state index in [9.17, 15) is 5.26 Å². The first-order valence-corrected chi connectivity index (χ1v) is 9.08. The van der Waals surface area contributed by atoms with Crippen molar-refractivity contribution >= 4 is 39.0 Å². The van der Waals surface area contributed by atoms with Gasteiger partial charge in [-0.05, 0) is 37.6 Å². The van der Waals surface area contributed by atoms with Crippen LogP contribution in [0.25, 0.3) is 21.9 Å². The fraction of sp³-hybridized carbons (Fsp3) is 0.174. The van der Waals surface area contributed by atoms with E-state index >= 15 is 0 Å². The molecule has 0 bridgehead atoms. The molecule has 0 N–H and O–H groups in total. The Balaban J connectivity index is 1.88. The zero-order chi connectivity index (χ0) is 18.7. The maximum Gasteiger partial charge on any atom is 0.159 e. The zero-order valence-corrected chi connectivity index (χ0v) is 15.5. The third kappa shape index (κ3) is 2.03. The van der Waals surface area contributed by atoms with E-state index in [1.807, 2.05) is 30.3 Å². The second-order valence-electron chi connectivity index (χ2n) is 7.10. The van der Waals surface area contributed by atoms with Gasteiger partial charge in [0, 0.05) is 17.8 Å². The Kier molecular flexibility index (Phi) is 3.23. The first-order chi connectivity index (χ1) is 13.1. The summed E-state index contributed by atoms with van der Waals surface area (Å²) in [5.74, 6) is 0. The molecule has 0 saturated heterocycles. The SMILES string of the molecule is Cc1ccc2c(oc3ccccc32)c1N1c2c(C#N)cccc2N(C)[C@@H]1C. The van der Waals surface area contributed by atoms with Crippen molar-refractivity contribution in [3.8, 4) is 6.07 Å². The molecule has 2 heterocycles.